The summed E-state index contributed by atoms with van der Waals surface area (Å²) in [5.74, 6) is 1.56. The van der Waals surface area contributed by atoms with Gasteiger partial charge in [-0.3, -0.25) is 0 Å². The molecule has 1 aromatic heterocycles. The predicted octanol–water partition coefficient (Wildman–Crippen LogP) is 6.05. The summed E-state index contributed by atoms with van der Waals surface area (Å²) in [6.07, 6.45) is 0. The fourth-order valence-corrected chi connectivity index (χ4v) is 2.98. The van der Waals surface area contributed by atoms with Crippen LogP contribution in [0, 0.1) is 0 Å². The number of nitrogens with zero attached hydrogens (tertiary/aromatic N) is 1. The minimum absolute atomic E-state index is 0.424. The number of benzene rings is 3. The third kappa shape index (κ3) is 4.57. The monoisotopic (exact) mass is 375 g/mol. The largest absolute Gasteiger partial charge is 0.489 e. The molecule has 0 unspecified atom stereocenters. The fraction of sp³-hybridized carbons (Fsp3) is 0.0870. The Balaban J connectivity index is 1.34. The number of fused-ring (bicyclic) bond motifs is 1. The summed E-state index contributed by atoms with van der Waals surface area (Å²) in [5, 5.41) is 1.84. The van der Waals surface area contributed by atoms with Gasteiger partial charge in [-0.05, 0) is 54.1 Å². The molecule has 0 atom stereocenters. The number of halogens is 1. The van der Waals surface area contributed by atoms with E-state index in [1.165, 1.54) is 0 Å². The molecule has 3 aromatic carbocycles. The SMILES string of the molecule is Clc1cccc(COc2ccc(OCc3ccc4ccccc4n3)cc2)c1. The van der Waals surface area contributed by atoms with Gasteiger partial charge in [-0.1, -0.05) is 48.0 Å². The zero-order valence-electron chi connectivity index (χ0n) is 14.6. The maximum Gasteiger partial charge on any atom is 0.130 e. The number of pyridine rings is 1. The lowest BCUT2D eigenvalue weighted by Crippen LogP contribution is -1.99. The summed E-state index contributed by atoms with van der Waals surface area (Å²) in [6.45, 7) is 0.898. The standard InChI is InChI=1S/C23H18ClNO2/c24-19-6-3-4-17(14-19)15-26-21-10-12-22(13-11-21)27-16-20-9-8-18-5-1-2-7-23(18)25-20/h1-14H,15-16H2. The van der Waals surface area contributed by atoms with Crippen LogP contribution in [0.3, 0.4) is 0 Å². The van der Waals surface area contributed by atoms with E-state index in [0.717, 1.165) is 33.7 Å². The first-order chi connectivity index (χ1) is 13.3. The van der Waals surface area contributed by atoms with Crippen LogP contribution in [0.15, 0.2) is 84.9 Å². The van der Waals surface area contributed by atoms with Crippen molar-refractivity contribution in [3.63, 3.8) is 0 Å². The van der Waals surface area contributed by atoms with Gasteiger partial charge in [0.25, 0.3) is 0 Å². The van der Waals surface area contributed by atoms with E-state index in [9.17, 15) is 0 Å². The molecule has 4 aromatic rings. The lowest BCUT2D eigenvalue weighted by atomic mass is 10.2. The molecule has 0 fully saturated rings. The summed E-state index contributed by atoms with van der Waals surface area (Å²) in [4.78, 5) is 4.62. The van der Waals surface area contributed by atoms with Gasteiger partial charge in [0.15, 0.2) is 0 Å². The van der Waals surface area contributed by atoms with Crippen LogP contribution in [0.4, 0.5) is 0 Å². The second-order valence-corrected chi connectivity index (χ2v) is 6.61. The van der Waals surface area contributed by atoms with Crippen molar-refractivity contribution < 1.29 is 9.47 Å². The predicted molar refractivity (Wildman–Crippen MR) is 108 cm³/mol. The first-order valence-corrected chi connectivity index (χ1v) is 9.09. The molecule has 3 nitrogen and oxygen atoms in total. The highest BCUT2D eigenvalue weighted by Gasteiger charge is 2.02. The van der Waals surface area contributed by atoms with Gasteiger partial charge in [-0.15, -0.1) is 0 Å². The zero-order valence-corrected chi connectivity index (χ0v) is 15.4. The molecule has 0 radical (unpaired) electrons. The molecule has 134 valence electrons. The van der Waals surface area contributed by atoms with E-state index in [-0.39, 0.29) is 0 Å². The molecule has 0 amide bonds. The molecule has 0 spiro atoms. The average molecular weight is 376 g/mol. The van der Waals surface area contributed by atoms with Crippen LogP contribution in [0.1, 0.15) is 11.3 Å². The van der Waals surface area contributed by atoms with Gasteiger partial charge >= 0.3 is 0 Å². The molecule has 0 bridgehead atoms. The third-order valence-corrected chi connectivity index (χ3v) is 4.40. The van der Waals surface area contributed by atoms with Crippen molar-refractivity contribution in [1.29, 1.82) is 0 Å². The Hall–Kier alpha value is -3.04. The molecule has 4 rings (SSSR count). The second kappa shape index (κ2) is 8.11. The van der Waals surface area contributed by atoms with E-state index in [0.29, 0.717) is 18.2 Å². The Bertz CT molecular complexity index is 1050. The summed E-state index contributed by atoms with van der Waals surface area (Å²) in [7, 11) is 0. The van der Waals surface area contributed by atoms with Gasteiger partial charge in [0, 0.05) is 10.4 Å². The molecule has 0 aliphatic carbocycles. The first kappa shape index (κ1) is 17.4. The molecule has 1 heterocycles. The lowest BCUT2D eigenvalue weighted by Gasteiger charge is -2.09. The summed E-state index contributed by atoms with van der Waals surface area (Å²) >= 11 is 5.99. The molecule has 0 aliphatic rings. The normalized spacial score (nSPS) is 10.7. The van der Waals surface area contributed by atoms with Gasteiger partial charge in [-0.2, -0.15) is 0 Å². The van der Waals surface area contributed by atoms with Crippen LogP contribution in [-0.2, 0) is 13.2 Å². The Kier molecular flexibility index (Phi) is 5.22. The smallest absolute Gasteiger partial charge is 0.130 e. The Morgan fingerprint density at radius 1 is 0.704 bits per heavy atom. The highest BCUT2D eigenvalue weighted by Crippen LogP contribution is 2.21. The van der Waals surface area contributed by atoms with Crippen molar-refractivity contribution in [3.05, 3.63) is 101 Å². The maximum absolute atomic E-state index is 5.99. The topological polar surface area (TPSA) is 31.4 Å². The van der Waals surface area contributed by atoms with Crippen LogP contribution in [-0.4, -0.2) is 4.98 Å². The molecule has 4 heteroatoms. The third-order valence-electron chi connectivity index (χ3n) is 4.16. The number of para-hydroxylation sites is 1. The van der Waals surface area contributed by atoms with Crippen LogP contribution < -0.4 is 9.47 Å². The fourth-order valence-electron chi connectivity index (χ4n) is 2.77. The van der Waals surface area contributed by atoms with Crippen molar-refractivity contribution in [3.8, 4) is 11.5 Å². The van der Waals surface area contributed by atoms with Gasteiger partial charge in [-0.25, -0.2) is 4.98 Å². The number of aromatic nitrogens is 1. The molecule has 0 aliphatic heterocycles. The Labute approximate surface area is 163 Å². The van der Waals surface area contributed by atoms with Crippen molar-refractivity contribution in [2.75, 3.05) is 0 Å². The highest BCUT2D eigenvalue weighted by atomic mass is 35.5. The van der Waals surface area contributed by atoms with E-state index >= 15 is 0 Å². The van der Waals surface area contributed by atoms with Crippen molar-refractivity contribution in [1.82, 2.24) is 4.98 Å². The molecular weight excluding hydrogens is 358 g/mol. The van der Waals surface area contributed by atoms with Gasteiger partial charge < -0.3 is 9.47 Å². The van der Waals surface area contributed by atoms with Crippen LogP contribution in [0.25, 0.3) is 10.9 Å². The van der Waals surface area contributed by atoms with E-state index in [4.69, 9.17) is 21.1 Å². The molecule has 0 saturated carbocycles. The van der Waals surface area contributed by atoms with E-state index in [1.807, 2.05) is 72.8 Å². The average Bonchev–Trinajstić information content (AvgIpc) is 2.71. The number of hydrogen-bond donors (Lipinski definition) is 0. The molecule has 0 N–H and O–H groups in total. The molecule has 27 heavy (non-hydrogen) atoms. The summed E-state index contributed by atoms with van der Waals surface area (Å²) in [6, 6.07) is 27.3. The van der Waals surface area contributed by atoms with E-state index in [1.54, 1.807) is 0 Å². The quantitative estimate of drug-likeness (QED) is 0.411. The Morgan fingerprint density at radius 3 is 2.22 bits per heavy atom. The summed E-state index contributed by atoms with van der Waals surface area (Å²) in [5.41, 5.74) is 2.91. The second-order valence-electron chi connectivity index (χ2n) is 6.17. The van der Waals surface area contributed by atoms with Gasteiger partial charge in [0.1, 0.15) is 24.7 Å². The van der Waals surface area contributed by atoms with Crippen LogP contribution in [0.2, 0.25) is 5.02 Å². The van der Waals surface area contributed by atoms with Gasteiger partial charge in [0.2, 0.25) is 0 Å². The molecular formula is C23H18ClNO2. The minimum atomic E-state index is 0.424. The van der Waals surface area contributed by atoms with Crippen molar-refractivity contribution >= 4 is 22.5 Å². The van der Waals surface area contributed by atoms with Gasteiger partial charge in [0.05, 0.1) is 11.2 Å². The van der Waals surface area contributed by atoms with Crippen LogP contribution in [0.5, 0.6) is 11.5 Å². The van der Waals surface area contributed by atoms with Crippen molar-refractivity contribution in [2.45, 2.75) is 13.2 Å². The lowest BCUT2D eigenvalue weighted by molar-refractivity contribution is 0.295. The minimum Gasteiger partial charge on any atom is -0.489 e. The first-order valence-electron chi connectivity index (χ1n) is 8.71. The maximum atomic E-state index is 5.99. The number of ether oxygens (including phenoxy) is 2. The summed E-state index contributed by atoms with van der Waals surface area (Å²) < 4.78 is 11.6. The Morgan fingerprint density at radius 2 is 1.44 bits per heavy atom. The highest BCUT2D eigenvalue weighted by molar-refractivity contribution is 6.30. The van der Waals surface area contributed by atoms with E-state index in [2.05, 4.69) is 17.1 Å². The van der Waals surface area contributed by atoms with Crippen molar-refractivity contribution in [2.24, 2.45) is 0 Å². The van der Waals surface area contributed by atoms with E-state index < -0.39 is 0 Å². The molecule has 0 saturated heterocycles. The van der Waals surface area contributed by atoms with Crippen LogP contribution >= 0.6 is 11.6 Å². The zero-order chi connectivity index (χ0) is 18.5. The number of rotatable bonds is 6. The number of hydrogen-bond acceptors (Lipinski definition) is 3.